The van der Waals surface area contributed by atoms with Gasteiger partial charge >= 0.3 is 0 Å². The van der Waals surface area contributed by atoms with Gasteiger partial charge in [0, 0.05) is 18.0 Å². The van der Waals surface area contributed by atoms with Crippen LogP contribution in [0.4, 0.5) is 4.39 Å². The lowest BCUT2D eigenvalue weighted by Crippen LogP contribution is -2.34. The number of ether oxygens (including phenoxy) is 2. The number of nitrogens with one attached hydrogen (secondary N) is 1. The van der Waals surface area contributed by atoms with Crippen LogP contribution in [0.2, 0.25) is 0 Å². The molecule has 0 spiro atoms. The third-order valence-corrected chi connectivity index (χ3v) is 3.67. The van der Waals surface area contributed by atoms with E-state index in [2.05, 4.69) is 5.32 Å². The van der Waals surface area contributed by atoms with E-state index in [9.17, 15) is 19.1 Å². The molecule has 0 saturated heterocycles. The fraction of sp³-hybridized carbons (Fsp3) is 0.263. The van der Waals surface area contributed by atoms with E-state index in [1.807, 2.05) is 6.92 Å². The van der Waals surface area contributed by atoms with Crippen LogP contribution < -0.4 is 19.9 Å². The first-order chi connectivity index (χ1) is 12.4. The summed E-state index contributed by atoms with van der Waals surface area (Å²) in [4.78, 5) is 23.4. The number of aliphatic carboxylic acids is 1. The smallest absolute Gasteiger partial charge is 0.251 e. The number of hydrogen-bond donors (Lipinski definition) is 1. The van der Waals surface area contributed by atoms with E-state index in [-0.39, 0.29) is 5.56 Å². The van der Waals surface area contributed by atoms with E-state index < -0.39 is 30.2 Å². The Labute approximate surface area is 150 Å². The zero-order valence-electron chi connectivity index (χ0n) is 14.5. The third kappa shape index (κ3) is 4.95. The van der Waals surface area contributed by atoms with Crippen molar-refractivity contribution >= 4 is 11.9 Å². The van der Waals surface area contributed by atoms with E-state index in [1.54, 1.807) is 18.2 Å². The van der Waals surface area contributed by atoms with Crippen molar-refractivity contribution in [2.45, 2.75) is 19.4 Å². The van der Waals surface area contributed by atoms with Crippen molar-refractivity contribution in [3.05, 3.63) is 59.4 Å². The van der Waals surface area contributed by atoms with Crippen molar-refractivity contribution in [3.8, 4) is 11.5 Å². The Morgan fingerprint density at radius 1 is 1.15 bits per heavy atom. The highest BCUT2D eigenvalue weighted by Crippen LogP contribution is 2.31. The van der Waals surface area contributed by atoms with Crippen LogP contribution in [-0.2, 0) is 4.79 Å². The molecule has 0 heterocycles. The molecule has 6 nitrogen and oxygen atoms in total. The molecule has 0 aromatic heterocycles. The Balaban J connectivity index is 2.27. The second-order valence-electron chi connectivity index (χ2n) is 5.45. The normalized spacial score (nSPS) is 11.5. The highest BCUT2D eigenvalue weighted by Gasteiger charge is 2.18. The number of methoxy groups -OCH3 is 1. The monoisotopic (exact) mass is 360 g/mol. The molecular formula is C19H19FNO5-. The molecule has 0 bridgehead atoms. The third-order valence-electron chi connectivity index (χ3n) is 3.67. The van der Waals surface area contributed by atoms with Gasteiger partial charge in [0.05, 0.1) is 19.8 Å². The standard InChI is InChI=1S/C19H20FNO5/c1-3-26-16-9-6-13(10-17(16)25-2)15(11-18(22)23)21-19(24)12-4-7-14(20)8-5-12/h4-10,15H,3,11H2,1-2H3,(H,21,24)(H,22,23)/p-1/t15-/m0/s1. The minimum Gasteiger partial charge on any atom is -0.550 e. The van der Waals surface area contributed by atoms with Crippen LogP contribution in [0.3, 0.4) is 0 Å². The zero-order valence-corrected chi connectivity index (χ0v) is 14.5. The maximum atomic E-state index is 13.0. The van der Waals surface area contributed by atoms with Crippen molar-refractivity contribution in [3.63, 3.8) is 0 Å². The molecule has 138 valence electrons. The molecule has 0 saturated carbocycles. The fourth-order valence-electron chi connectivity index (χ4n) is 2.44. The molecule has 0 radical (unpaired) electrons. The zero-order chi connectivity index (χ0) is 19.1. The summed E-state index contributed by atoms with van der Waals surface area (Å²) in [5.41, 5.74) is 0.734. The van der Waals surface area contributed by atoms with Crippen LogP contribution in [0.25, 0.3) is 0 Å². The molecule has 26 heavy (non-hydrogen) atoms. The lowest BCUT2D eigenvalue weighted by Gasteiger charge is -2.21. The summed E-state index contributed by atoms with van der Waals surface area (Å²) < 4.78 is 23.7. The SMILES string of the molecule is CCOc1ccc([C@H](CC(=O)[O-])NC(=O)c2ccc(F)cc2)cc1OC. The molecule has 1 N–H and O–H groups in total. The van der Waals surface area contributed by atoms with Crippen LogP contribution in [0.1, 0.15) is 35.3 Å². The number of carbonyl (C=O) groups excluding carboxylic acids is 2. The largest absolute Gasteiger partial charge is 0.550 e. The van der Waals surface area contributed by atoms with Gasteiger partial charge in [0.25, 0.3) is 5.91 Å². The van der Waals surface area contributed by atoms with Gasteiger partial charge in [-0.2, -0.15) is 0 Å². The van der Waals surface area contributed by atoms with Crippen LogP contribution in [-0.4, -0.2) is 25.6 Å². The van der Waals surface area contributed by atoms with Gasteiger partial charge in [-0.05, 0) is 48.9 Å². The number of hydrogen-bond acceptors (Lipinski definition) is 5. The summed E-state index contributed by atoms with van der Waals surface area (Å²) >= 11 is 0. The average Bonchev–Trinajstić information content (AvgIpc) is 2.62. The lowest BCUT2D eigenvalue weighted by molar-refractivity contribution is -0.306. The molecule has 0 aliphatic heterocycles. The van der Waals surface area contributed by atoms with Crippen LogP contribution in [0, 0.1) is 5.82 Å². The minimum atomic E-state index is -1.32. The second-order valence-corrected chi connectivity index (χ2v) is 5.45. The number of benzene rings is 2. The fourth-order valence-corrected chi connectivity index (χ4v) is 2.44. The van der Waals surface area contributed by atoms with Gasteiger partial charge < -0.3 is 24.7 Å². The summed E-state index contributed by atoms with van der Waals surface area (Å²) in [5.74, 6) is -1.38. The van der Waals surface area contributed by atoms with Gasteiger partial charge in [0.15, 0.2) is 11.5 Å². The molecular weight excluding hydrogens is 341 g/mol. The van der Waals surface area contributed by atoms with Crippen LogP contribution in [0.15, 0.2) is 42.5 Å². The van der Waals surface area contributed by atoms with E-state index >= 15 is 0 Å². The van der Waals surface area contributed by atoms with Crippen molar-refractivity contribution < 1.29 is 28.6 Å². The quantitative estimate of drug-likeness (QED) is 0.776. The predicted molar refractivity (Wildman–Crippen MR) is 90.4 cm³/mol. The summed E-state index contributed by atoms with van der Waals surface area (Å²) in [6.45, 7) is 2.27. The Morgan fingerprint density at radius 3 is 2.42 bits per heavy atom. The Bertz CT molecular complexity index is 776. The van der Waals surface area contributed by atoms with Crippen molar-refractivity contribution in [2.24, 2.45) is 0 Å². The Kier molecular flexibility index (Phi) is 6.54. The Hall–Kier alpha value is -3.09. The van der Waals surface area contributed by atoms with Gasteiger partial charge in [0.2, 0.25) is 0 Å². The first-order valence-electron chi connectivity index (χ1n) is 8.01. The highest BCUT2D eigenvalue weighted by atomic mass is 19.1. The Morgan fingerprint density at radius 2 is 1.85 bits per heavy atom. The van der Waals surface area contributed by atoms with Gasteiger partial charge in [-0.3, -0.25) is 4.79 Å². The molecule has 1 amide bonds. The molecule has 1 atom stereocenters. The molecule has 7 heteroatoms. The van der Waals surface area contributed by atoms with Gasteiger partial charge in [-0.15, -0.1) is 0 Å². The maximum Gasteiger partial charge on any atom is 0.251 e. The number of carbonyl (C=O) groups is 2. The second kappa shape index (κ2) is 8.84. The maximum absolute atomic E-state index is 13.0. The average molecular weight is 360 g/mol. The molecule has 2 aromatic rings. The van der Waals surface area contributed by atoms with Gasteiger partial charge in [-0.25, -0.2) is 4.39 Å². The summed E-state index contributed by atoms with van der Waals surface area (Å²) in [6, 6.07) is 8.99. The lowest BCUT2D eigenvalue weighted by atomic mass is 10.0. The van der Waals surface area contributed by atoms with Crippen LogP contribution in [0.5, 0.6) is 11.5 Å². The highest BCUT2D eigenvalue weighted by molar-refractivity contribution is 5.94. The summed E-state index contributed by atoms with van der Waals surface area (Å²) in [6.07, 6.45) is -0.427. The number of halogens is 1. The minimum absolute atomic E-state index is 0.215. The number of carboxylic acids is 1. The van der Waals surface area contributed by atoms with Crippen molar-refractivity contribution in [2.75, 3.05) is 13.7 Å². The topological polar surface area (TPSA) is 87.7 Å². The molecule has 0 aliphatic rings. The van der Waals surface area contributed by atoms with E-state index in [0.717, 1.165) is 12.1 Å². The number of carboxylic acid groups (broad SMARTS) is 1. The first-order valence-corrected chi connectivity index (χ1v) is 8.01. The van der Waals surface area contributed by atoms with E-state index in [4.69, 9.17) is 9.47 Å². The molecule has 0 aliphatic carbocycles. The van der Waals surface area contributed by atoms with Gasteiger partial charge in [-0.1, -0.05) is 6.07 Å². The molecule has 2 aromatic carbocycles. The molecule has 2 rings (SSSR count). The van der Waals surface area contributed by atoms with Crippen molar-refractivity contribution in [1.82, 2.24) is 5.32 Å². The van der Waals surface area contributed by atoms with E-state index in [0.29, 0.717) is 23.7 Å². The van der Waals surface area contributed by atoms with Crippen molar-refractivity contribution in [1.29, 1.82) is 0 Å². The predicted octanol–water partition coefficient (Wildman–Crippen LogP) is 1.84. The summed E-state index contributed by atoms with van der Waals surface area (Å²) in [5, 5.41) is 13.7. The molecule has 0 unspecified atom stereocenters. The summed E-state index contributed by atoms with van der Waals surface area (Å²) in [7, 11) is 1.46. The number of amides is 1. The molecule has 0 fully saturated rings. The first kappa shape index (κ1) is 19.2. The van der Waals surface area contributed by atoms with Crippen LogP contribution >= 0.6 is 0 Å². The number of rotatable bonds is 8. The van der Waals surface area contributed by atoms with E-state index in [1.165, 1.54) is 19.2 Å². The van der Waals surface area contributed by atoms with Gasteiger partial charge in [0.1, 0.15) is 5.82 Å².